The molecule has 3 nitrogen and oxygen atoms in total. The average Bonchev–Trinajstić information content (AvgIpc) is 2.86. The molecule has 0 unspecified atom stereocenters. The summed E-state index contributed by atoms with van der Waals surface area (Å²) in [6.45, 7) is 4.18. The van der Waals surface area contributed by atoms with Gasteiger partial charge in [-0.3, -0.25) is 9.69 Å². The third kappa shape index (κ3) is 3.60. The van der Waals surface area contributed by atoms with Crippen molar-refractivity contribution in [2.45, 2.75) is 0 Å². The maximum absolute atomic E-state index is 12.6. The Balaban J connectivity index is 1.94. The predicted octanol–water partition coefficient (Wildman–Crippen LogP) is 4.48. The molecule has 0 aliphatic carbocycles. The van der Waals surface area contributed by atoms with Crippen LogP contribution in [0.15, 0.2) is 83.2 Å². The number of nitrogens with zero attached hydrogens (tertiary/aromatic N) is 2. The van der Waals surface area contributed by atoms with Crippen molar-refractivity contribution in [3.63, 3.8) is 0 Å². The highest BCUT2D eigenvalue weighted by atomic mass is 32.2. The van der Waals surface area contributed by atoms with Gasteiger partial charge in [0.15, 0.2) is 5.17 Å². The molecule has 2 aromatic rings. The molecule has 0 N–H and O–H groups in total. The van der Waals surface area contributed by atoms with Crippen molar-refractivity contribution in [3.05, 3.63) is 83.8 Å². The van der Waals surface area contributed by atoms with Crippen LogP contribution in [0.2, 0.25) is 0 Å². The van der Waals surface area contributed by atoms with E-state index in [1.165, 1.54) is 11.8 Å². The van der Waals surface area contributed by atoms with Gasteiger partial charge in [0.1, 0.15) is 0 Å². The largest absolute Gasteiger partial charge is 0.283 e. The highest BCUT2D eigenvalue weighted by Gasteiger charge is 2.32. The van der Waals surface area contributed by atoms with Crippen LogP contribution in [0, 0.1) is 0 Å². The van der Waals surface area contributed by atoms with E-state index >= 15 is 0 Å². The minimum atomic E-state index is -0.0339. The van der Waals surface area contributed by atoms with Crippen LogP contribution in [0.4, 0.5) is 5.69 Å². The summed E-state index contributed by atoms with van der Waals surface area (Å²) >= 11 is 1.40. The fourth-order valence-corrected chi connectivity index (χ4v) is 3.20. The summed E-state index contributed by atoms with van der Waals surface area (Å²) in [6.07, 6.45) is 3.61. The molecule has 0 bridgehead atoms. The van der Waals surface area contributed by atoms with E-state index in [1.54, 1.807) is 11.0 Å². The van der Waals surface area contributed by atoms with E-state index in [0.717, 1.165) is 11.3 Å². The molecule has 2 aromatic carbocycles. The van der Waals surface area contributed by atoms with Gasteiger partial charge in [-0.15, -0.1) is 6.58 Å². The summed E-state index contributed by atoms with van der Waals surface area (Å²) in [5.41, 5.74) is 1.83. The quantitative estimate of drug-likeness (QED) is 0.615. The lowest BCUT2D eigenvalue weighted by Crippen LogP contribution is -2.29. The number of amidine groups is 1. The number of carbonyl (C=O) groups excluding carboxylic acids is 1. The van der Waals surface area contributed by atoms with Crippen molar-refractivity contribution in [2.24, 2.45) is 4.99 Å². The Kier molecular flexibility index (Phi) is 4.74. The number of hydrogen-bond donors (Lipinski definition) is 0. The Hall–Kier alpha value is -2.59. The molecule has 1 saturated heterocycles. The van der Waals surface area contributed by atoms with Crippen LogP contribution in [-0.2, 0) is 4.79 Å². The first kappa shape index (κ1) is 15.3. The van der Waals surface area contributed by atoms with E-state index in [4.69, 9.17) is 0 Å². The summed E-state index contributed by atoms with van der Waals surface area (Å²) < 4.78 is 0. The summed E-state index contributed by atoms with van der Waals surface area (Å²) in [7, 11) is 0. The molecule has 23 heavy (non-hydrogen) atoms. The molecule has 0 aromatic heterocycles. The Labute approximate surface area is 140 Å². The maximum atomic E-state index is 12.6. The second kappa shape index (κ2) is 7.11. The molecule has 1 aliphatic heterocycles. The number of para-hydroxylation sites is 1. The van der Waals surface area contributed by atoms with Gasteiger partial charge in [0.2, 0.25) is 0 Å². The Morgan fingerprint density at radius 1 is 1.04 bits per heavy atom. The highest BCUT2D eigenvalue weighted by molar-refractivity contribution is 8.18. The highest BCUT2D eigenvalue weighted by Crippen LogP contribution is 2.33. The summed E-state index contributed by atoms with van der Waals surface area (Å²) in [6, 6.07) is 19.5. The van der Waals surface area contributed by atoms with E-state index in [9.17, 15) is 4.79 Å². The molecule has 1 fully saturated rings. The van der Waals surface area contributed by atoms with Crippen LogP contribution in [-0.4, -0.2) is 22.5 Å². The van der Waals surface area contributed by atoms with Crippen LogP contribution in [0.3, 0.4) is 0 Å². The molecular weight excluding hydrogens is 304 g/mol. The van der Waals surface area contributed by atoms with Crippen LogP contribution in [0.25, 0.3) is 6.08 Å². The molecule has 0 saturated carbocycles. The zero-order valence-electron chi connectivity index (χ0n) is 12.6. The lowest BCUT2D eigenvalue weighted by atomic mass is 10.2. The van der Waals surface area contributed by atoms with E-state index in [2.05, 4.69) is 11.6 Å². The minimum Gasteiger partial charge on any atom is -0.283 e. The first-order chi connectivity index (χ1) is 11.3. The van der Waals surface area contributed by atoms with Gasteiger partial charge in [-0.05, 0) is 35.5 Å². The van der Waals surface area contributed by atoms with Gasteiger partial charge in [-0.1, -0.05) is 54.6 Å². The first-order valence-corrected chi connectivity index (χ1v) is 8.10. The number of carbonyl (C=O) groups is 1. The standard InChI is InChI=1S/C19H16N2OS/c1-2-13-21-18(22)17(14-15-9-5-3-6-10-15)23-19(21)20-16-11-7-4-8-12-16/h2-12,14H,1,13H2/b17-14+,20-19?. The van der Waals surface area contributed by atoms with Gasteiger partial charge in [-0.2, -0.15) is 0 Å². The average molecular weight is 320 g/mol. The smallest absolute Gasteiger partial charge is 0.267 e. The summed E-state index contributed by atoms with van der Waals surface area (Å²) in [5.74, 6) is -0.0339. The van der Waals surface area contributed by atoms with E-state index in [1.807, 2.05) is 66.7 Å². The second-order valence-electron chi connectivity index (χ2n) is 4.96. The molecule has 0 spiro atoms. The third-order valence-corrected chi connectivity index (χ3v) is 4.28. The van der Waals surface area contributed by atoms with Crippen LogP contribution in [0.5, 0.6) is 0 Å². The predicted molar refractivity (Wildman–Crippen MR) is 97.5 cm³/mol. The summed E-state index contributed by atoms with van der Waals surface area (Å²) in [5, 5.41) is 0.684. The van der Waals surface area contributed by atoms with Gasteiger partial charge in [-0.25, -0.2) is 4.99 Å². The van der Waals surface area contributed by atoms with Gasteiger partial charge in [0.25, 0.3) is 5.91 Å². The van der Waals surface area contributed by atoms with E-state index < -0.39 is 0 Å². The normalized spacial score (nSPS) is 17.9. The first-order valence-electron chi connectivity index (χ1n) is 7.29. The molecular formula is C19H16N2OS. The SMILES string of the molecule is C=CCN1C(=O)/C(=C\c2ccccc2)SC1=Nc1ccccc1. The number of thioether (sulfide) groups is 1. The van der Waals surface area contributed by atoms with Crippen molar-refractivity contribution in [1.82, 2.24) is 4.90 Å². The van der Waals surface area contributed by atoms with Crippen LogP contribution in [0.1, 0.15) is 5.56 Å². The zero-order valence-corrected chi connectivity index (χ0v) is 13.4. The Morgan fingerprint density at radius 3 is 2.35 bits per heavy atom. The fraction of sp³-hybridized carbons (Fsp3) is 0.0526. The molecule has 114 valence electrons. The van der Waals surface area contributed by atoms with Crippen LogP contribution >= 0.6 is 11.8 Å². The fourth-order valence-electron chi connectivity index (χ4n) is 2.20. The molecule has 3 rings (SSSR count). The Morgan fingerprint density at radius 2 is 1.70 bits per heavy atom. The third-order valence-electron chi connectivity index (χ3n) is 3.28. The lowest BCUT2D eigenvalue weighted by Gasteiger charge is -2.12. The molecule has 1 heterocycles. The zero-order chi connectivity index (χ0) is 16.1. The van der Waals surface area contributed by atoms with Crippen LogP contribution < -0.4 is 0 Å². The molecule has 1 aliphatic rings. The summed E-state index contributed by atoms with van der Waals surface area (Å²) in [4.78, 5) is 19.5. The molecule has 1 amide bonds. The Bertz CT molecular complexity index is 766. The minimum absolute atomic E-state index is 0.0339. The number of rotatable bonds is 4. The topological polar surface area (TPSA) is 32.7 Å². The van der Waals surface area contributed by atoms with Crippen molar-refractivity contribution in [2.75, 3.05) is 6.54 Å². The lowest BCUT2D eigenvalue weighted by molar-refractivity contribution is -0.121. The van der Waals surface area contributed by atoms with Gasteiger partial charge >= 0.3 is 0 Å². The van der Waals surface area contributed by atoms with E-state index in [0.29, 0.717) is 16.6 Å². The van der Waals surface area contributed by atoms with E-state index in [-0.39, 0.29) is 5.91 Å². The van der Waals surface area contributed by atoms with Crippen molar-refractivity contribution >= 4 is 34.6 Å². The van der Waals surface area contributed by atoms with Crippen molar-refractivity contribution in [1.29, 1.82) is 0 Å². The second-order valence-corrected chi connectivity index (χ2v) is 5.96. The molecule has 4 heteroatoms. The van der Waals surface area contributed by atoms with Crippen molar-refractivity contribution in [3.8, 4) is 0 Å². The van der Waals surface area contributed by atoms with Gasteiger partial charge in [0, 0.05) is 6.54 Å². The molecule has 0 atom stereocenters. The van der Waals surface area contributed by atoms with Crippen molar-refractivity contribution < 1.29 is 4.79 Å². The maximum Gasteiger partial charge on any atom is 0.267 e. The van der Waals surface area contributed by atoms with Gasteiger partial charge in [0.05, 0.1) is 10.6 Å². The monoisotopic (exact) mass is 320 g/mol. The van der Waals surface area contributed by atoms with Gasteiger partial charge < -0.3 is 0 Å². The number of aliphatic imine (C=N–C) groups is 1. The number of benzene rings is 2. The molecule has 0 radical (unpaired) electrons. The number of hydrogen-bond acceptors (Lipinski definition) is 3. The number of amides is 1.